The molecule has 0 aliphatic rings. The van der Waals surface area contributed by atoms with Crippen molar-refractivity contribution in [2.24, 2.45) is 0 Å². The van der Waals surface area contributed by atoms with E-state index in [1.54, 1.807) is 36.4 Å². The molecule has 0 aliphatic heterocycles. The SMILES string of the molecule is N#Cc1ccc(F)c(OC[C@H](O)c2cccc(OCc3ccc(Cl)c(Cl)c3)c2)c1. The molecule has 7 heteroatoms. The molecule has 0 bridgehead atoms. The molecule has 3 aromatic carbocycles. The molecular formula is C22H16Cl2FNO3. The second kappa shape index (κ2) is 9.62. The van der Waals surface area contributed by atoms with Gasteiger partial charge in [-0.25, -0.2) is 4.39 Å². The van der Waals surface area contributed by atoms with Crippen LogP contribution in [-0.2, 0) is 6.61 Å². The van der Waals surface area contributed by atoms with Gasteiger partial charge in [0.05, 0.1) is 21.7 Å². The highest BCUT2D eigenvalue weighted by Crippen LogP contribution is 2.25. The molecule has 1 N–H and O–H groups in total. The zero-order valence-electron chi connectivity index (χ0n) is 15.1. The van der Waals surface area contributed by atoms with Gasteiger partial charge >= 0.3 is 0 Å². The predicted molar refractivity (Wildman–Crippen MR) is 109 cm³/mol. The lowest BCUT2D eigenvalue weighted by Gasteiger charge is -2.15. The van der Waals surface area contributed by atoms with Crippen molar-refractivity contribution in [2.45, 2.75) is 12.7 Å². The van der Waals surface area contributed by atoms with Gasteiger partial charge in [0.25, 0.3) is 0 Å². The maximum Gasteiger partial charge on any atom is 0.165 e. The van der Waals surface area contributed by atoms with E-state index in [1.807, 2.05) is 12.1 Å². The topological polar surface area (TPSA) is 62.5 Å². The summed E-state index contributed by atoms with van der Waals surface area (Å²) in [5.41, 5.74) is 1.67. The standard InChI is InChI=1S/C22H16Cl2FNO3/c23-18-6-4-15(8-19(18)24)12-28-17-3-1-2-16(10-17)21(27)13-29-22-9-14(11-26)5-7-20(22)25/h1-10,21,27H,12-13H2/t21-/m0/s1. The van der Waals surface area contributed by atoms with Crippen molar-refractivity contribution in [2.75, 3.05) is 6.61 Å². The van der Waals surface area contributed by atoms with Crippen molar-refractivity contribution in [3.05, 3.63) is 93.2 Å². The fourth-order valence-electron chi connectivity index (χ4n) is 2.56. The van der Waals surface area contributed by atoms with Crippen LogP contribution in [0, 0.1) is 17.1 Å². The summed E-state index contributed by atoms with van der Waals surface area (Å²) in [4.78, 5) is 0. The van der Waals surface area contributed by atoms with E-state index in [-0.39, 0.29) is 24.5 Å². The summed E-state index contributed by atoms with van der Waals surface area (Å²) >= 11 is 11.9. The van der Waals surface area contributed by atoms with Crippen LogP contribution in [-0.4, -0.2) is 11.7 Å². The number of benzene rings is 3. The highest BCUT2D eigenvalue weighted by atomic mass is 35.5. The van der Waals surface area contributed by atoms with Crippen molar-refractivity contribution in [3.63, 3.8) is 0 Å². The van der Waals surface area contributed by atoms with E-state index in [1.165, 1.54) is 12.1 Å². The lowest BCUT2D eigenvalue weighted by Crippen LogP contribution is -2.10. The number of nitriles is 1. The van der Waals surface area contributed by atoms with E-state index >= 15 is 0 Å². The first-order chi connectivity index (χ1) is 14.0. The molecule has 0 radical (unpaired) electrons. The molecule has 0 fully saturated rings. The first kappa shape index (κ1) is 20.9. The summed E-state index contributed by atoms with van der Waals surface area (Å²) in [6.45, 7) is 0.0984. The third-order valence-corrected chi connectivity index (χ3v) is 4.83. The number of hydrogen-bond acceptors (Lipinski definition) is 4. The molecule has 0 saturated carbocycles. The van der Waals surface area contributed by atoms with Crippen LogP contribution in [0.3, 0.4) is 0 Å². The number of hydrogen-bond donors (Lipinski definition) is 1. The largest absolute Gasteiger partial charge is 0.489 e. The third kappa shape index (κ3) is 5.61. The first-order valence-electron chi connectivity index (χ1n) is 8.63. The van der Waals surface area contributed by atoms with Crippen molar-refractivity contribution < 1.29 is 19.0 Å². The highest BCUT2D eigenvalue weighted by Gasteiger charge is 2.12. The number of aliphatic hydroxyl groups excluding tert-OH is 1. The summed E-state index contributed by atoms with van der Waals surface area (Å²) in [5, 5.41) is 20.2. The molecule has 0 aromatic heterocycles. The summed E-state index contributed by atoms with van der Waals surface area (Å²) in [6.07, 6.45) is -1.01. The number of halogens is 3. The van der Waals surface area contributed by atoms with Gasteiger partial charge in [-0.15, -0.1) is 0 Å². The van der Waals surface area contributed by atoms with Gasteiger partial charge in [-0.2, -0.15) is 5.26 Å². The van der Waals surface area contributed by atoms with Gasteiger partial charge in [-0.05, 0) is 47.5 Å². The minimum absolute atomic E-state index is 0.0879. The fourth-order valence-corrected chi connectivity index (χ4v) is 2.88. The molecule has 0 spiro atoms. The Hall–Kier alpha value is -2.78. The smallest absolute Gasteiger partial charge is 0.165 e. The van der Waals surface area contributed by atoms with E-state index < -0.39 is 11.9 Å². The summed E-state index contributed by atoms with van der Waals surface area (Å²) in [5.74, 6) is -0.143. The van der Waals surface area contributed by atoms with E-state index in [2.05, 4.69) is 0 Å². The van der Waals surface area contributed by atoms with Gasteiger partial charge in [-0.1, -0.05) is 41.4 Å². The number of aliphatic hydroxyl groups is 1. The van der Waals surface area contributed by atoms with Crippen LogP contribution in [0.4, 0.5) is 4.39 Å². The predicted octanol–water partition coefficient (Wildman–Crippen LogP) is 5.70. The quantitative estimate of drug-likeness (QED) is 0.521. The Balaban J connectivity index is 1.62. The van der Waals surface area contributed by atoms with E-state index in [0.717, 1.165) is 11.6 Å². The highest BCUT2D eigenvalue weighted by molar-refractivity contribution is 6.42. The Morgan fingerprint density at radius 1 is 1.00 bits per heavy atom. The van der Waals surface area contributed by atoms with Crippen LogP contribution in [0.15, 0.2) is 60.7 Å². The molecule has 4 nitrogen and oxygen atoms in total. The van der Waals surface area contributed by atoms with Gasteiger partial charge < -0.3 is 14.6 Å². The van der Waals surface area contributed by atoms with Crippen LogP contribution in [0.25, 0.3) is 0 Å². The van der Waals surface area contributed by atoms with Crippen LogP contribution in [0.2, 0.25) is 10.0 Å². The molecule has 3 rings (SSSR count). The summed E-state index contributed by atoms with van der Waals surface area (Å²) in [7, 11) is 0. The van der Waals surface area contributed by atoms with Crippen molar-refractivity contribution >= 4 is 23.2 Å². The van der Waals surface area contributed by atoms with Crippen LogP contribution >= 0.6 is 23.2 Å². The maximum absolute atomic E-state index is 13.8. The number of rotatable bonds is 7. The van der Waals surface area contributed by atoms with E-state index in [9.17, 15) is 9.50 Å². The molecule has 0 aliphatic carbocycles. The Bertz CT molecular complexity index is 1050. The molecular weight excluding hydrogens is 416 g/mol. The maximum atomic E-state index is 13.8. The Morgan fingerprint density at radius 3 is 2.59 bits per heavy atom. The second-order valence-corrected chi connectivity index (χ2v) is 7.01. The van der Waals surface area contributed by atoms with Gasteiger partial charge in [-0.3, -0.25) is 0 Å². The molecule has 3 aromatic rings. The van der Waals surface area contributed by atoms with Crippen LogP contribution in [0.1, 0.15) is 22.8 Å². The number of ether oxygens (including phenoxy) is 2. The second-order valence-electron chi connectivity index (χ2n) is 6.19. The monoisotopic (exact) mass is 431 g/mol. The van der Waals surface area contributed by atoms with Gasteiger partial charge in [0.2, 0.25) is 0 Å². The molecule has 29 heavy (non-hydrogen) atoms. The molecule has 0 heterocycles. The normalized spacial score (nSPS) is 11.6. The zero-order valence-corrected chi connectivity index (χ0v) is 16.6. The van der Waals surface area contributed by atoms with Crippen molar-refractivity contribution in [1.29, 1.82) is 5.26 Å². The summed E-state index contributed by atoms with van der Waals surface area (Å²) in [6, 6.07) is 17.8. The average Bonchev–Trinajstić information content (AvgIpc) is 2.74. The Morgan fingerprint density at radius 2 is 1.83 bits per heavy atom. The minimum Gasteiger partial charge on any atom is -0.489 e. The molecule has 0 saturated heterocycles. The van der Waals surface area contributed by atoms with Crippen LogP contribution in [0.5, 0.6) is 11.5 Å². The molecule has 1 atom stereocenters. The Kier molecular flexibility index (Phi) is 6.95. The van der Waals surface area contributed by atoms with Crippen molar-refractivity contribution in [3.8, 4) is 17.6 Å². The average molecular weight is 432 g/mol. The third-order valence-electron chi connectivity index (χ3n) is 4.09. The molecule has 148 valence electrons. The van der Waals surface area contributed by atoms with E-state index in [4.69, 9.17) is 37.9 Å². The van der Waals surface area contributed by atoms with Gasteiger partial charge in [0.15, 0.2) is 11.6 Å². The zero-order chi connectivity index (χ0) is 20.8. The minimum atomic E-state index is -1.01. The first-order valence-corrected chi connectivity index (χ1v) is 9.39. The molecule has 0 amide bonds. The number of nitrogens with zero attached hydrogens (tertiary/aromatic N) is 1. The van der Waals surface area contributed by atoms with Gasteiger partial charge in [0.1, 0.15) is 25.1 Å². The van der Waals surface area contributed by atoms with Crippen molar-refractivity contribution in [1.82, 2.24) is 0 Å². The van der Waals surface area contributed by atoms with Gasteiger partial charge in [0, 0.05) is 6.07 Å². The van der Waals surface area contributed by atoms with E-state index in [0.29, 0.717) is 21.4 Å². The summed E-state index contributed by atoms with van der Waals surface area (Å²) < 4.78 is 24.9. The van der Waals surface area contributed by atoms with Crippen LogP contribution < -0.4 is 9.47 Å². The molecule has 0 unspecified atom stereocenters. The lowest BCUT2D eigenvalue weighted by molar-refractivity contribution is 0.105. The lowest BCUT2D eigenvalue weighted by atomic mass is 10.1. The Labute approximate surface area is 177 Å². The fraction of sp³-hybridized carbons (Fsp3) is 0.136.